The molecule has 1 heteroatoms. The average molecular weight is 276 g/mol. The van der Waals surface area contributed by atoms with Crippen molar-refractivity contribution in [1.29, 1.82) is 0 Å². The van der Waals surface area contributed by atoms with Gasteiger partial charge in [0, 0.05) is 6.42 Å². The van der Waals surface area contributed by atoms with Crippen LogP contribution >= 0.6 is 0 Å². The van der Waals surface area contributed by atoms with Gasteiger partial charge >= 0.3 is 0 Å². The van der Waals surface area contributed by atoms with E-state index in [9.17, 15) is 4.79 Å². The number of ketones is 1. The van der Waals surface area contributed by atoms with Gasteiger partial charge < -0.3 is 0 Å². The summed E-state index contributed by atoms with van der Waals surface area (Å²) in [7, 11) is 0. The third-order valence-corrected chi connectivity index (χ3v) is 5.15. The van der Waals surface area contributed by atoms with Crippen molar-refractivity contribution in [2.24, 2.45) is 0 Å². The van der Waals surface area contributed by atoms with Gasteiger partial charge in [-0.3, -0.25) is 4.79 Å². The molecule has 0 unspecified atom stereocenters. The molecule has 106 valence electrons. The third-order valence-electron chi connectivity index (χ3n) is 5.15. The van der Waals surface area contributed by atoms with Gasteiger partial charge in [0.2, 0.25) is 0 Å². The van der Waals surface area contributed by atoms with Crippen molar-refractivity contribution in [2.75, 3.05) is 0 Å². The van der Waals surface area contributed by atoms with E-state index in [1.165, 1.54) is 40.7 Å². The fourth-order valence-corrected chi connectivity index (χ4v) is 3.97. The first kappa shape index (κ1) is 12.8. The van der Waals surface area contributed by atoms with E-state index in [1.54, 1.807) is 17.2 Å². The first-order chi connectivity index (χ1) is 10.3. The molecule has 0 spiro atoms. The normalized spacial score (nSPS) is 19.9. The molecule has 0 bridgehead atoms. The molecule has 0 aromatic heterocycles. The monoisotopic (exact) mass is 276 g/mol. The van der Waals surface area contributed by atoms with Crippen molar-refractivity contribution in [3.63, 3.8) is 0 Å². The minimum absolute atomic E-state index is 0.255. The van der Waals surface area contributed by atoms with E-state index in [2.05, 4.69) is 25.1 Å². The Kier molecular flexibility index (Phi) is 2.95. The van der Waals surface area contributed by atoms with Crippen LogP contribution in [0.2, 0.25) is 0 Å². The summed E-state index contributed by atoms with van der Waals surface area (Å²) in [6.45, 7) is 2.25. The summed E-state index contributed by atoms with van der Waals surface area (Å²) in [6.07, 6.45) is 12.5. The van der Waals surface area contributed by atoms with Crippen molar-refractivity contribution in [3.8, 4) is 0 Å². The van der Waals surface area contributed by atoms with Gasteiger partial charge in [0.05, 0.1) is 0 Å². The first-order valence-electron chi connectivity index (χ1n) is 8.03. The van der Waals surface area contributed by atoms with Gasteiger partial charge in [0.1, 0.15) is 0 Å². The fraction of sp³-hybridized carbons (Fsp3) is 0.350. The van der Waals surface area contributed by atoms with Gasteiger partial charge in [-0.25, -0.2) is 0 Å². The summed E-state index contributed by atoms with van der Waals surface area (Å²) in [5.41, 5.74) is 10.1. The highest BCUT2D eigenvalue weighted by molar-refractivity contribution is 6.00. The van der Waals surface area contributed by atoms with Gasteiger partial charge in [0.15, 0.2) is 5.78 Å². The zero-order valence-corrected chi connectivity index (χ0v) is 12.5. The zero-order chi connectivity index (χ0) is 14.4. The van der Waals surface area contributed by atoms with Crippen LogP contribution in [-0.4, -0.2) is 5.78 Å². The minimum atomic E-state index is 0.255. The lowest BCUT2D eigenvalue weighted by atomic mass is 9.76. The number of allylic oxidation sites excluding steroid dienone is 5. The van der Waals surface area contributed by atoms with Crippen LogP contribution in [0.3, 0.4) is 0 Å². The van der Waals surface area contributed by atoms with Gasteiger partial charge in [-0.2, -0.15) is 0 Å². The van der Waals surface area contributed by atoms with Crippen LogP contribution in [0.4, 0.5) is 0 Å². The minimum Gasteiger partial charge on any atom is -0.294 e. The SMILES string of the molecule is CCC1=Cc2ccc3c(c2CC1)CCC1=C3C=CC(=O)C1. The van der Waals surface area contributed by atoms with E-state index in [4.69, 9.17) is 0 Å². The maximum atomic E-state index is 11.6. The number of hydrogen-bond acceptors (Lipinski definition) is 1. The molecule has 3 aliphatic rings. The second-order valence-electron chi connectivity index (χ2n) is 6.31. The van der Waals surface area contributed by atoms with Gasteiger partial charge in [-0.05, 0) is 66.0 Å². The molecule has 4 rings (SSSR count). The molecule has 0 fully saturated rings. The van der Waals surface area contributed by atoms with Crippen LogP contribution in [0.5, 0.6) is 0 Å². The largest absolute Gasteiger partial charge is 0.294 e. The summed E-state index contributed by atoms with van der Waals surface area (Å²) < 4.78 is 0. The number of fused-ring (bicyclic) bond motifs is 4. The molecule has 1 aromatic carbocycles. The molecule has 3 aliphatic carbocycles. The number of benzene rings is 1. The maximum Gasteiger partial charge on any atom is 0.159 e. The molecular weight excluding hydrogens is 256 g/mol. The average Bonchev–Trinajstić information content (AvgIpc) is 2.53. The number of hydrogen-bond donors (Lipinski definition) is 0. The Morgan fingerprint density at radius 2 is 1.86 bits per heavy atom. The molecule has 0 N–H and O–H groups in total. The molecule has 0 radical (unpaired) electrons. The lowest BCUT2D eigenvalue weighted by molar-refractivity contribution is -0.114. The van der Waals surface area contributed by atoms with E-state index < -0.39 is 0 Å². The number of rotatable bonds is 1. The summed E-state index contributed by atoms with van der Waals surface area (Å²) in [6, 6.07) is 4.56. The van der Waals surface area contributed by atoms with Crippen LogP contribution in [0.15, 0.2) is 35.4 Å². The van der Waals surface area contributed by atoms with Gasteiger partial charge in [-0.1, -0.05) is 42.4 Å². The van der Waals surface area contributed by atoms with Crippen molar-refractivity contribution >= 4 is 17.4 Å². The summed E-state index contributed by atoms with van der Waals surface area (Å²) in [5, 5.41) is 0. The van der Waals surface area contributed by atoms with Gasteiger partial charge in [-0.15, -0.1) is 0 Å². The summed E-state index contributed by atoms with van der Waals surface area (Å²) in [5.74, 6) is 0.255. The predicted octanol–water partition coefficient (Wildman–Crippen LogP) is 4.66. The van der Waals surface area contributed by atoms with Gasteiger partial charge in [0.25, 0.3) is 0 Å². The molecule has 0 amide bonds. The molecule has 21 heavy (non-hydrogen) atoms. The highest BCUT2D eigenvalue weighted by Gasteiger charge is 2.25. The van der Waals surface area contributed by atoms with Crippen LogP contribution in [0.1, 0.15) is 54.9 Å². The lowest BCUT2D eigenvalue weighted by Crippen LogP contribution is -2.14. The van der Waals surface area contributed by atoms with Crippen molar-refractivity contribution < 1.29 is 4.79 Å². The molecule has 0 saturated carbocycles. The Balaban J connectivity index is 1.84. The zero-order valence-electron chi connectivity index (χ0n) is 12.5. The Bertz CT molecular complexity index is 728. The highest BCUT2D eigenvalue weighted by atomic mass is 16.1. The Morgan fingerprint density at radius 1 is 1.00 bits per heavy atom. The smallest absolute Gasteiger partial charge is 0.159 e. The Hall–Kier alpha value is -1.89. The topological polar surface area (TPSA) is 17.1 Å². The third kappa shape index (κ3) is 2.03. The van der Waals surface area contributed by atoms with Crippen LogP contribution in [-0.2, 0) is 17.6 Å². The fourth-order valence-electron chi connectivity index (χ4n) is 3.97. The maximum absolute atomic E-state index is 11.6. The second-order valence-corrected chi connectivity index (χ2v) is 6.31. The first-order valence-corrected chi connectivity index (χ1v) is 8.03. The molecule has 0 heterocycles. The van der Waals surface area contributed by atoms with Crippen molar-refractivity contribution in [3.05, 3.63) is 57.7 Å². The van der Waals surface area contributed by atoms with E-state index in [0.717, 1.165) is 19.3 Å². The molecule has 0 aliphatic heterocycles. The Morgan fingerprint density at radius 3 is 2.71 bits per heavy atom. The standard InChI is InChI=1S/C20H20O/c1-2-13-3-7-17-14(11-13)4-8-20-18-10-6-16(21)12-15(18)5-9-19(17)20/h4,6,8,10-11H,2-3,5,7,9,12H2,1H3. The van der Waals surface area contributed by atoms with E-state index in [0.29, 0.717) is 6.42 Å². The lowest BCUT2D eigenvalue weighted by Gasteiger charge is -2.28. The summed E-state index contributed by atoms with van der Waals surface area (Å²) >= 11 is 0. The quantitative estimate of drug-likeness (QED) is 0.729. The van der Waals surface area contributed by atoms with E-state index in [-0.39, 0.29) is 5.78 Å². The van der Waals surface area contributed by atoms with E-state index >= 15 is 0 Å². The predicted molar refractivity (Wildman–Crippen MR) is 87.0 cm³/mol. The molecule has 0 saturated heterocycles. The molecule has 1 nitrogen and oxygen atoms in total. The van der Waals surface area contributed by atoms with Crippen LogP contribution in [0, 0.1) is 0 Å². The molecule has 0 atom stereocenters. The summed E-state index contributed by atoms with van der Waals surface area (Å²) in [4.78, 5) is 11.6. The van der Waals surface area contributed by atoms with Crippen LogP contribution < -0.4 is 0 Å². The highest BCUT2D eigenvalue weighted by Crippen LogP contribution is 2.40. The van der Waals surface area contributed by atoms with Crippen molar-refractivity contribution in [2.45, 2.75) is 45.4 Å². The molecule has 1 aromatic rings. The second kappa shape index (κ2) is 4.84. The molecular formula is C20H20O. The van der Waals surface area contributed by atoms with Crippen LogP contribution in [0.25, 0.3) is 11.6 Å². The number of carbonyl (C=O) groups is 1. The van der Waals surface area contributed by atoms with Crippen molar-refractivity contribution in [1.82, 2.24) is 0 Å². The van der Waals surface area contributed by atoms with E-state index in [1.807, 2.05) is 6.08 Å². The Labute approximate surface area is 126 Å². The number of carbonyl (C=O) groups excluding carboxylic acids is 1.